The van der Waals surface area contributed by atoms with Crippen molar-refractivity contribution in [2.24, 2.45) is 11.3 Å². The van der Waals surface area contributed by atoms with Gasteiger partial charge in [-0.2, -0.15) is 0 Å². The summed E-state index contributed by atoms with van der Waals surface area (Å²) in [5.41, 5.74) is 1.93. The molecular weight excluding hydrogens is 314 g/mol. The summed E-state index contributed by atoms with van der Waals surface area (Å²) in [4.78, 5) is 17.3. The largest absolute Gasteiger partial charge is 0.386 e. The number of aliphatic hydroxyl groups is 1. The number of amides is 1. The van der Waals surface area contributed by atoms with E-state index < -0.39 is 5.60 Å². The third kappa shape index (κ3) is 2.84. The van der Waals surface area contributed by atoms with Crippen LogP contribution in [0.15, 0.2) is 18.2 Å². The SMILES string of the molecule is CC(C)(O)c1ccc2nc(NC(=O)[C@H]3CC3(C)C)n(C3CCC3)c2c1. The van der Waals surface area contributed by atoms with Crippen LogP contribution < -0.4 is 5.32 Å². The number of anilines is 1. The van der Waals surface area contributed by atoms with Crippen molar-refractivity contribution in [3.63, 3.8) is 0 Å². The molecule has 0 aliphatic heterocycles. The molecule has 2 aliphatic carbocycles. The van der Waals surface area contributed by atoms with E-state index in [0.29, 0.717) is 12.0 Å². The summed E-state index contributed by atoms with van der Waals surface area (Å²) < 4.78 is 2.17. The number of nitrogens with one attached hydrogen (secondary N) is 1. The molecule has 5 heteroatoms. The summed E-state index contributed by atoms with van der Waals surface area (Å²) in [5, 5.41) is 13.4. The van der Waals surface area contributed by atoms with Gasteiger partial charge in [0.2, 0.25) is 11.9 Å². The van der Waals surface area contributed by atoms with Gasteiger partial charge in [0.1, 0.15) is 0 Å². The van der Waals surface area contributed by atoms with Crippen LogP contribution in [0.25, 0.3) is 11.0 Å². The van der Waals surface area contributed by atoms with Crippen LogP contribution >= 0.6 is 0 Å². The number of rotatable bonds is 4. The highest BCUT2D eigenvalue weighted by Gasteiger charge is 2.50. The third-order valence-electron chi connectivity index (χ3n) is 5.90. The van der Waals surface area contributed by atoms with Crippen molar-refractivity contribution in [3.8, 4) is 0 Å². The number of aromatic nitrogens is 2. The zero-order valence-corrected chi connectivity index (χ0v) is 15.5. The predicted octanol–water partition coefficient (Wildman–Crippen LogP) is 3.97. The second kappa shape index (κ2) is 5.31. The highest BCUT2D eigenvalue weighted by Crippen LogP contribution is 2.52. The van der Waals surface area contributed by atoms with Gasteiger partial charge in [-0.05, 0) is 62.6 Å². The van der Waals surface area contributed by atoms with Gasteiger partial charge in [0.15, 0.2) is 0 Å². The van der Waals surface area contributed by atoms with Crippen molar-refractivity contribution in [1.82, 2.24) is 9.55 Å². The van der Waals surface area contributed by atoms with Crippen LogP contribution in [0.4, 0.5) is 5.95 Å². The van der Waals surface area contributed by atoms with E-state index in [0.717, 1.165) is 35.9 Å². The van der Waals surface area contributed by atoms with Crippen molar-refractivity contribution in [2.45, 2.75) is 65.0 Å². The van der Waals surface area contributed by atoms with Crippen LogP contribution in [-0.2, 0) is 10.4 Å². The molecule has 4 rings (SSSR count). The van der Waals surface area contributed by atoms with Crippen LogP contribution in [0.2, 0.25) is 0 Å². The molecule has 0 saturated heterocycles. The van der Waals surface area contributed by atoms with Crippen LogP contribution in [0.1, 0.15) is 65.0 Å². The van der Waals surface area contributed by atoms with E-state index in [2.05, 4.69) is 28.7 Å². The average Bonchev–Trinajstić information content (AvgIpc) is 2.96. The van der Waals surface area contributed by atoms with Gasteiger partial charge in [0.05, 0.1) is 16.6 Å². The van der Waals surface area contributed by atoms with E-state index in [1.165, 1.54) is 6.42 Å². The second-order valence-electron chi connectivity index (χ2n) is 8.89. The van der Waals surface area contributed by atoms with Gasteiger partial charge in [0.25, 0.3) is 0 Å². The van der Waals surface area contributed by atoms with Crippen molar-refractivity contribution >= 4 is 22.9 Å². The Labute approximate surface area is 148 Å². The van der Waals surface area contributed by atoms with E-state index in [-0.39, 0.29) is 17.2 Å². The number of imidazole rings is 1. The summed E-state index contributed by atoms with van der Waals surface area (Å²) in [5.74, 6) is 0.804. The molecule has 0 radical (unpaired) electrons. The smallest absolute Gasteiger partial charge is 0.230 e. The molecule has 5 nitrogen and oxygen atoms in total. The molecule has 1 amide bonds. The maximum absolute atomic E-state index is 12.6. The Bertz CT molecular complexity index is 840. The summed E-state index contributed by atoms with van der Waals surface area (Å²) >= 11 is 0. The number of benzene rings is 1. The lowest BCUT2D eigenvalue weighted by Crippen LogP contribution is -2.24. The highest BCUT2D eigenvalue weighted by atomic mass is 16.3. The van der Waals surface area contributed by atoms with E-state index >= 15 is 0 Å². The molecule has 1 atom stereocenters. The van der Waals surface area contributed by atoms with Gasteiger partial charge in [0, 0.05) is 12.0 Å². The van der Waals surface area contributed by atoms with Crippen molar-refractivity contribution < 1.29 is 9.90 Å². The molecule has 0 spiro atoms. The number of fused-ring (bicyclic) bond motifs is 1. The molecule has 0 bridgehead atoms. The molecule has 2 N–H and O–H groups in total. The van der Waals surface area contributed by atoms with E-state index in [1.54, 1.807) is 13.8 Å². The summed E-state index contributed by atoms with van der Waals surface area (Å²) in [6.07, 6.45) is 4.36. The van der Waals surface area contributed by atoms with E-state index in [4.69, 9.17) is 0 Å². The fourth-order valence-corrected chi connectivity index (χ4v) is 3.69. The fraction of sp³-hybridized carbons (Fsp3) is 0.600. The van der Waals surface area contributed by atoms with Crippen LogP contribution in [0.5, 0.6) is 0 Å². The maximum Gasteiger partial charge on any atom is 0.230 e. The number of hydrogen-bond acceptors (Lipinski definition) is 3. The Kier molecular flexibility index (Phi) is 3.52. The van der Waals surface area contributed by atoms with Gasteiger partial charge in [-0.15, -0.1) is 0 Å². The highest BCUT2D eigenvalue weighted by molar-refractivity contribution is 5.95. The maximum atomic E-state index is 12.6. The molecule has 2 aromatic rings. The minimum Gasteiger partial charge on any atom is -0.386 e. The quantitative estimate of drug-likeness (QED) is 0.884. The van der Waals surface area contributed by atoms with E-state index in [9.17, 15) is 9.90 Å². The molecule has 2 fully saturated rings. The van der Waals surface area contributed by atoms with Crippen molar-refractivity contribution in [1.29, 1.82) is 0 Å². The molecule has 25 heavy (non-hydrogen) atoms. The minimum absolute atomic E-state index is 0.0728. The number of carbonyl (C=O) groups is 1. The summed E-state index contributed by atoms with van der Waals surface area (Å²) in [7, 11) is 0. The predicted molar refractivity (Wildman–Crippen MR) is 98.4 cm³/mol. The molecule has 1 aromatic heterocycles. The lowest BCUT2D eigenvalue weighted by Gasteiger charge is -2.29. The average molecular weight is 341 g/mol. The lowest BCUT2D eigenvalue weighted by molar-refractivity contribution is -0.118. The Hall–Kier alpha value is -1.88. The first kappa shape index (κ1) is 16.6. The lowest BCUT2D eigenvalue weighted by atomic mass is 9.92. The summed E-state index contributed by atoms with van der Waals surface area (Å²) in [6, 6.07) is 6.24. The van der Waals surface area contributed by atoms with Crippen LogP contribution in [0, 0.1) is 11.3 Å². The van der Waals surface area contributed by atoms with Crippen molar-refractivity contribution in [2.75, 3.05) is 5.32 Å². The first-order valence-corrected chi connectivity index (χ1v) is 9.22. The zero-order valence-electron chi connectivity index (χ0n) is 15.5. The molecule has 2 saturated carbocycles. The second-order valence-corrected chi connectivity index (χ2v) is 8.89. The van der Waals surface area contributed by atoms with Crippen molar-refractivity contribution in [3.05, 3.63) is 23.8 Å². The molecule has 0 unspecified atom stereocenters. The number of hydrogen-bond donors (Lipinski definition) is 2. The Morgan fingerprint density at radius 1 is 1.36 bits per heavy atom. The Balaban J connectivity index is 1.74. The van der Waals surface area contributed by atoms with Crippen LogP contribution in [0.3, 0.4) is 0 Å². The fourth-order valence-electron chi connectivity index (χ4n) is 3.69. The zero-order chi connectivity index (χ0) is 18.0. The Morgan fingerprint density at radius 3 is 2.56 bits per heavy atom. The number of carbonyl (C=O) groups excluding carboxylic acids is 1. The number of nitrogens with zero attached hydrogens (tertiary/aromatic N) is 2. The van der Waals surface area contributed by atoms with Gasteiger partial charge in [-0.3, -0.25) is 10.1 Å². The monoisotopic (exact) mass is 341 g/mol. The van der Waals surface area contributed by atoms with Gasteiger partial charge >= 0.3 is 0 Å². The molecule has 1 heterocycles. The molecule has 134 valence electrons. The van der Waals surface area contributed by atoms with Gasteiger partial charge in [-0.25, -0.2) is 4.98 Å². The minimum atomic E-state index is -0.898. The third-order valence-corrected chi connectivity index (χ3v) is 5.90. The standard InChI is InChI=1S/C20H27N3O2/c1-19(2)11-14(19)17(24)22-18-21-15-9-8-12(20(3,4)25)10-16(15)23(18)13-6-5-7-13/h8-10,13-14,25H,5-7,11H2,1-4H3,(H,21,22,24)/t14-/m1/s1. The topological polar surface area (TPSA) is 67.2 Å². The van der Waals surface area contributed by atoms with Crippen LogP contribution in [-0.4, -0.2) is 20.6 Å². The van der Waals surface area contributed by atoms with Gasteiger partial charge < -0.3 is 9.67 Å². The Morgan fingerprint density at radius 2 is 2.04 bits per heavy atom. The molecule has 1 aromatic carbocycles. The molecular formula is C20H27N3O2. The normalized spacial score (nSPS) is 22.7. The van der Waals surface area contributed by atoms with E-state index in [1.807, 2.05) is 18.2 Å². The first-order valence-electron chi connectivity index (χ1n) is 9.22. The molecule has 2 aliphatic rings. The van der Waals surface area contributed by atoms with Gasteiger partial charge in [-0.1, -0.05) is 19.9 Å². The summed E-state index contributed by atoms with van der Waals surface area (Å²) in [6.45, 7) is 7.83. The first-order chi connectivity index (χ1) is 11.7.